The summed E-state index contributed by atoms with van der Waals surface area (Å²) >= 11 is 3.16. The highest BCUT2D eigenvalue weighted by atomic mass is 79.9. The molecular weight excluding hydrogens is 326 g/mol. The van der Waals surface area contributed by atoms with Crippen LogP contribution in [0.3, 0.4) is 0 Å². The van der Waals surface area contributed by atoms with Gasteiger partial charge in [0.2, 0.25) is 10.0 Å². The first-order valence-electron chi connectivity index (χ1n) is 4.99. The maximum atomic E-state index is 11.8. The molecule has 0 bridgehead atoms. The molecule has 1 saturated heterocycles. The average Bonchev–Trinajstić information content (AvgIpc) is 2.22. The summed E-state index contributed by atoms with van der Waals surface area (Å²) in [6.45, 7) is 0.719. The van der Waals surface area contributed by atoms with E-state index in [1.807, 2.05) is 0 Å². The number of ether oxygens (including phenoxy) is 2. The molecule has 0 aromatic heterocycles. The van der Waals surface area contributed by atoms with E-state index in [-0.39, 0.29) is 16.6 Å². The first-order chi connectivity index (χ1) is 8.38. The molecule has 0 aliphatic carbocycles. The van der Waals surface area contributed by atoms with Gasteiger partial charge in [0.05, 0.1) is 23.7 Å². The predicted octanol–water partition coefficient (Wildman–Crippen LogP) is 0.652. The van der Waals surface area contributed by atoms with Gasteiger partial charge in [-0.05, 0) is 34.1 Å². The fourth-order valence-corrected chi connectivity index (χ4v) is 2.28. The van der Waals surface area contributed by atoms with Crippen LogP contribution in [0.4, 0.5) is 0 Å². The lowest BCUT2D eigenvalue weighted by atomic mass is 10.2. The molecule has 0 amide bonds. The smallest absolute Gasteiger partial charge is 0.339 e. The molecule has 1 aliphatic rings. The summed E-state index contributed by atoms with van der Waals surface area (Å²) in [5, 5.41) is 5.00. The van der Waals surface area contributed by atoms with Crippen LogP contribution in [-0.4, -0.2) is 33.7 Å². The molecule has 8 heteroatoms. The maximum Gasteiger partial charge on any atom is 0.339 e. The van der Waals surface area contributed by atoms with Crippen LogP contribution < -0.4 is 5.14 Å². The van der Waals surface area contributed by atoms with Crippen LogP contribution >= 0.6 is 15.9 Å². The second-order valence-electron chi connectivity index (χ2n) is 3.75. The van der Waals surface area contributed by atoms with Gasteiger partial charge in [-0.3, -0.25) is 0 Å². The summed E-state index contributed by atoms with van der Waals surface area (Å²) in [7, 11) is -3.85. The average molecular weight is 336 g/mol. The van der Waals surface area contributed by atoms with Crippen LogP contribution in [0.2, 0.25) is 0 Å². The Balaban J connectivity index is 2.28. The summed E-state index contributed by atoms with van der Waals surface area (Å²) in [6, 6.07) is 3.93. The number of benzene rings is 1. The predicted molar refractivity (Wildman–Crippen MR) is 65.5 cm³/mol. The van der Waals surface area contributed by atoms with E-state index < -0.39 is 16.0 Å². The first-order valence-corrected chi connectivity index (χ1v) is 7.33. The Morgan fingerprint density at radius 3 is 2.61 bits per heavy atom. The SMILES string of the molecule is NS(=O)(=O)c1ccc(Br)c(C(=O)OC2COC2)c1. The van der Waals surface area contributed by atoms with Crippen molar-refractivity contribution in [1.82, 2.24) is 0 Å². The Bertz CT molecular complexity index is 582. The number of esters is 1. The first kappa shape index (κ1) is 13.5. The zero-order valence-corrected chi connectivity index (χ0v) is 11.5. The fourth-order valence-electron chi connectivity index (χ4n) is 1.33. The van der Waals surface area contributed by atoms with Gasteiger partial charge in [-0.2, -0.15) is 0 Å². The molecule has 18 heavy (non-hydrogen) atoms. The molecule has 0 spiro atoms. The van der Waals surface area contributed by atoms with E-state index >= 15 is 0 Å². The molecule has 0 unspecified atom stereocenters. The van der Waals surface area contributed by atoms with Gasteiger partial charge in [0.15, 0.2) is 0 Å². The Labute approximate surface area is 112 Å². The molecule has 98 valence electrons. The van der Waals surface area contributed by atoms with Crippen molar-refractivity contribution in [3.8, 4) is 0 Å². The van der Waals surface area contributed by atoms with E-state index in [1.54, 1.807) is 0 Å². The Hall–Kier alpha value is -0.960. The van der Waals surface area contributed by atoms with Crippen LogP contribution in [0.5, 0.6) is 0 Å². The molecule has 1 heterocycles. The zero-order valence-electron chi connectivity index (χ0n) is 9.13. The third-order valence-corrected chi connectivity index (χ3v) is 3.97. The summed E-state index contributed by atoms with van der Waals surface area (Å²) in [6.07, 6.45) is -0.275. The van der Waals surface area contributed by atoms with Gasteiger partial charge in [-0.1, -0.05) is 0 Å². The van der Waals surface area contributed by atoms with E-state index in [0.29, 0.717) is 17.7 Å². The van der Waals surface area contributed by atoms with Crippen molar-refractivity contribution in [3.63, 3.8) is 0 Å². The van der Waals surface area contributed by atoms with Crippen molar-refractivity contribution in [2.75, 3.05) is 13.2 Å². The van der Waals surface area contributed by atoms with Gasteiger partial charge in [-0.25, -0.2) is 18.4 Å². The van der Waals surface area contributed by atoms with Crippen LogP contribution in [-0.2, 0) is 19.5 Å². The van der Waals surface area contributed by atoms with Gasteiger partial charge >= 0.3 is 5.97 Å². The van der Waals surface area contributed by atoms with Gasteiger partial charge < -0.3 is 9.47 Å². The van der Waals surface area contributed by atoms with Crippen LogP contribution in [0.1, 0.15) is 10.4 Å². The molecule has 1 fully saturated rings. The summed E-state index contributed by atoms with van der Waals surface area (Å²) in [5.74, 6) is -0.610. The van der Waals surface area contributed by atoms with Crippen LogP contribution in [0.25, 0.3) is 0 Å². The van der Waals surface area contributed by atoms with Gasteiger partial charge in [0.1, 0.15) is 6.10 Å². The van der Waals surface area contributed by atoms with Crippen molar-refractivity contribution in [1.29, 1.82) is 0 Å². The fraction of sp³-hybridized carbons (Fsp3) is 0.300. The molecule has 2 N–H and O–H groups in total. The van der Waals surface area contributed by atoms with E-state index in [4.69, 9.17) is 14.6 Å². The number of carbonyl (C=O) groups excluding carboxylic acids is 1. The molecule has 2 rings (SSSR count). The molecule has 0 saturated carbocycles. The normalized spacial score (nSPS) is 16.1. The summed E-state index contributed by atoms with van der Waals surface area (Å²) < 4.78 is 32.8. The maximum absolute atomic E-state index is 11.8. The monoisotopic (exact) mass is 335 g/mol. The van der Waals surface area contributed by atoms with Gasteiger partial charge in [-0.15, -0.1) is 0 Å². The van der Waals surface area contributed by atoms with E-state index in [2.05, 4.69) is 15.9 Å². The van der Waals surface area contributed by atoms with Crippen LogP contribution in [0.15, 0.2) is 27.6 Å². The lowest BCUT2D eigenvalue weighted by molar-refractivity contribution is -0.103. The molecular formula is C10H10BrNO5S. The minimum atomic E-state index is -3.85. The molecule has 0 atom stereocenters. The number of hydrogen-bond donors (Lipinski definition) is 1. The van der Waals surface area contributed by atoms with Crippen molar-refractivity contribution in [3.05, 3.63) is 28.2 Å². The van der Waals surface area contributed by atoms with Crippen LogP contribution in [0, 0.1) is 0 Å². The van der Waals surface area contributed by atoms with E-state index in [1.165, 1.54) is 18.2 Å². The number of sulfonamides is 1. The second kappa shape index (κ2) is 4.96. The lowest BCUT2D eigenvalue weighted by Gasteiger charge is -2.25. The van der Waals surface area contributed by atoms with Crippen molar-refractivity contribution >= 4 is 31.9 Å². The summed E-state index contributed by atoms with van der Waals surface area (Å²) in [4.78, 5) is 11.7. The largest absolute Gasteiger partial charge is 0.454 e. The molecule has 0 radical (unpaired) electrons. The van der Waals surface area contributed by atoms with Gasteiger partial charge in [0.25, 0.3) is 0 Å². The lowest BCUT2D eigenvalue weighted by Crippen LogP contribution is -2.37. The number of halogens is 1. The molecule has 1 aromatic carbocycles. The molecule has 6 nitrogen and oxygen atoms in total. The third-order valence-electron chi connectivity index (χ3n) is 2.37. The Kier molecular flexibility index (Phi) is 3.71. The van der Waals surface area contributed by atoms with Crippen molar-refractivity contribution in [2.24, 2.45) is 5.14 Å². The standard InChI is InChI=1S/C10H10BrNO5S/c11-9-2-1-7(18(12,14)15)3-8(9)10(13)17-6-4-16-5-6/h1-3,6H,4-5H2,(H2,12,14,15). The highest BCUT2D eigenvalue weighted by Gasteiger charge is 2.25. The number of rotatable bonds is 3. The number of nitrogens with two attached hydrogens (primary N) is 1. The van der Waals surface area contributed by atoms with Crippen molar-refractivity contribution < 1.29 is 22.7 Å². The minimum Gasteiger partial charge on any atom is -0.454 e. The number of primary sulfonamides is 1. The van der Waals surface area contributed by atoms with Gasteiger partial charge in [0, 0.05) is 4.47 Å². The second-order valence-corrected chi connectivity index (χ2v) is 6.17. The highest BCUT2D eigenvalue weighted by Crippen LogP contribution is 2.22. The zero-order chi connectivity index (χ0) is 13.3. The summed E-state index contributed by atoms with van der Waals surface area (Å²) in [5.41, 5.74) is 0.119. The minimum absolute atomic E-state index is 0.119. The van der Waals surface area contributed by atoms with E-state index in [9.17, 15) is 13.2 Å². The number of hydrogen-bond acceptors (Lipinski definition) is 5. The third kappa shape index (κ3) is 2.89. The Morgan fingerprint density at radius 1 is 1.44 bits per heavy atom. The van der Waals surface area contributed by atoms with Crippen molar-refractivity contribution in [2.45, 2.75) is 11.0 Å². The highest BCUT2D eigenvalue weighted by molar-refractivity contribution is 9.10. The Morgan fingerprint density at radius 2 is 2.11 bits per heavy atom. The quantitative estimate of drug-likeness (QED) is 0.818. The topological polar surface area (TPSA) is 95.7 Å². The number of carbonyl (C=O) groups is 1. The molecule has 1 aliphatic heterocycles. The molecule has 1 aromatic rings. The van der Waals surface area contributed by atoms with E-state index in [0.717, 1.165) is 0 Å².